The summed E-state index contributed by atoms with van der Waals surface area (Å²) in [5, 5.41) is 0. The van der Waals surface area contributed by atoms with Gasteiger partial charge in [0.2, 0.25) is 0 Å². The second-order valence-corrected chi connectivity index (χ2v) is 4.55. The fourth-order valence-electron chi connectivity index (χ4n) is 1.64. The van der Waals surface area contributed by atoms with Crippen LogP contribution in [0.15, 0.2) is 42.6 Å². The van der Waals surface area contributed by atoms with Gasteiger partial charge in [0.05, 0.1) is 12.8 Å². The molecule has 2 rings (SSSR count). The van der Waals surface area contributed by atoms with Crippen molar-refractivity contribution in [2.24, 2.45) is 0 Å². The van der Waals surface area contributed by atoms with Gasteiger partial charge in [-0.05, 0) is 48.7 Å². The maximum absolute atomic E-state index is 12.1. The maximum atomic E-state index is 12.1. The average molecular weight is 321 g/mol. The molecule has 120 valence electrons. The molecule has 1 aromatic heterocycles. The summed E-state index contributed by atoms with van der Waals surface area (Å²) in [5.74, 6) is 6.05. The molecule has 0 aliphatic rings. The number of alkyl halides is 3. The Morgan fingerprint density at radius 3 is 2.26 bits per heavy atom. The predicted molar refractivity (Wildman–Crippen MR) is 79.1 cm³/mol. The van der Waals surface area contributed by atoms with E-state index in [4.69, 9.17) is 4.74 Å². The van der Waals surface area contributed by atoms with Gasteiger partial charge in [0.25, 0.3) is 0 Å². The second kappa shape index (κ2) is 7.54. The summed E-state index contributed by atoms with van der Waals surface area (Å²) in [4.78, 5) is 4.14. The van der Waals surface area contributed by atoms with E-state index >= 15 is 0 Å². The molecule has 0 spiro atoms. The largest absolute Gasteiger partial charge is 0.573 e. The standard InChI is InChI=1S/C17H14F3NO2/c1-2-11-22-16-10-7-14(21-12-16)6-3-13-4-8-15(9-5-13)23-17(18,19)20/h4-5,7-10,12H,2,11H2,1H3. The lowest BCUT2D eigenvalue weighted by molar-refractivity contribution is -0.274. The van der Waals surface area contributed by atoms with Gasteiger partial charge in [0, 0.05) is 5.56 Å². The van der Waals surface area contributed by atoms with E-state index < -0.39 is 6.36 Å². The summed E-state index contributed by atoms with van der Waals surface area (Å²) < 4.78 is 45.4. The van der Waals surface area contributed by atoms with Crippen LogP contribution in [0.25, 0.3) is 0 Å². The average Bonchev–Trinajstić information content (AvgIpc) is 2.52. The third-order valence-electron chi connectivity index (χ3n) is 2.63. The summed E-state index contributed by atoms with van der Waals surface area (Å²) in [5.41, 5.74) is 1.11. The Kier molecular flexibility index (Phi) is 5.47. The Balaban J connectivity index is 2.01. The van der Waals surface area contributed by atoms with Crippen molar-refractivity contribution >= 4 is 0 Å². The number of rotatable bonds is 4. The lowest BCUT2D eigenvalue weighted by Gasteiger charge is -2.07. The Bertz CT molecular complexity index is 683. The maximum Gasteiger partial charge on any atom is 0.573 e. The summed E-state index contributed by atoms with van der Waals surface area (Å²) in [7, 11) is 0. The Labute approximate surface area is 132 Å². The number of aromatic nitrogens is 1. The third kappa shape index (κ3) is 5.91. The minimum atomic E-state index is -4.70. The van der Waals surface area contributed by atoms with Crippen LogP contribution < -0.4 is 9.47 Å². The zero-order valence-corrected chi connectivity index (χ0v) is 12.4. The molecule has 0 N–H and O–H groups in total. The van der Waals surface area contributed by atoms with Crippen LogP contribution in [0, 0.1) is 11.8 Å². The van der Waals surface area contributed by atoms with E-state index in [1.165, 1.54) is 24.3 Å². The van der Waals surface area contributed by atoms with Crippen LogP contribution >= 0.6 is 0 Å². The van der Waals surface area contributed by atoms with Crippen molar-refractivity contribution in [2.45, 2.75) is 19.7 Å². The van der Waals surface area contributed by atoms with Gasteiger partial charge in [0.15, 0.2) is 0 Å². The number of hydrogen-bond acceptors (Lipinski definition) is 3. The number of halogens is 3. The van der Waals surface area contributed by atoms with Gasteiger partial charge < -0.3 is 9.47 Å². The van der Waals surface area contributed by atoms with Gasteiger partial charge in [-0.3, -0.25) is 0 Å². The molecule has 0 amide bonds. The van der Waals surface area contributed by atoms with E-state index in [-0.39, 0.29) is 5.75 Å². The van der Waals surface area contributed by atoms with Gasteiger partial charge >= 0.3 is 6.36 Å². The highest BCUT2D eigenvalue weighted by molar-refractivity contribution is 5.42. The molecular weight excluding hydrogens is 307 g/mol. The van der Waals surface area contributed by atoms with Crippen molar-refractivity contribution in [3.05, 3.63) is 53.9 Å². The predicted octanol–water partition coefficient (Wildman–Crippen LogP) is 4.17. The molecule has 3 nitrogen and oxygen atoms in total. The summed E-state index contributed by atoms with van der Waals surface area (Å²) >= 11 is 0. The second-order valence-electron chi connectivity index (χ2n) is 4.55. The lowest BCUT2D eigenvalue weighted by Crippen LogP contribution is -2.16. The Morgan fingerprint density at radius 2 is 1.70 bits per heavy atom. The molecule has 0 radical (unpaired) electrons. The van der Waals surface area contributed by atoms with Gasteiger partial charge in [-0.15, -0.1) is 13.2 Å². The molecular formula is C17H14F3NO2. The van der Waals surface area contributed by atoms with Crippen LogP contribution in [0.4, 0.5) is 13.2 Å². The van der Waals surface area contributed by atoms with Crippen molar-refractivity contribution < 1.29 is 22.6 Å². The highest BCUT2D eigenvalue weighted by Crippen LogP contribution is 2.22. The molecule has 0 aliphatic carbocycles. The highest BCUT2D eigenvalue weighted by atomic mass is 19.4. The minimum Gasteiger partial charge on any atom is -0.492 e. The number of ether oxygens (including phenoxy) is 2. The van der Waals surface area contributed by atoms with Crippen LogP contribution in [-0.2, 0) is 0 Å². The lowest BCUT2D eigenvalue weighted by atomic mass is 10.2. The van der Waals surface area contributed by atoms with Crippen molar-refractivity contribution in [3.8, 4) is 23.3 Å². The molecule has 0 atom stereocenters. The van der Waals surface area contributed by atoms with E-state index in [0.717, 1.165) is 6.42 Å². The molecule has 1 heterocycles. The number of pyridine rings is 1. The van der Waals surface area contributed by atoms with Crippen molar-refractivity contribution in [1.82, 2.24) is 4.98 Å². The SMILES string of the molecule is CCCOc1ccc(C#Cc2ccc(OC(F)(F)F)cc2)nc1. The molecule has 0 unspecified atom stereocenters. The quantitative estimate of drug-likeness (QED) is 0.792. The Hall–Kier alpha value is -2.68. The van der Waals surface area contributed by atoms with Crippen LogP contribution in [-0.4, -0.2) is 18.0 Å². The first-order valence-corrected chi connectivity index (χ1v) is 6.93. The number of hydrogen-bond donors (Lipinski definition) is 0. The zero-order chi connectivity index (χ0) is 16.7. The van der Waals surface area contributed by atoms with Gasteiger partial charge in [-0.25, -0.2) is 4.98 Å². The molecule has 1 aromatic carbocycles. The van der Waals surface area contributed by atoms with Crippen molar-refractivity contribution in [1.29, 1.82) is 0 Å². The molecule has 0 bridgehead atoms. The molecule has 0 saturated heterocycles. The molecule has 0 saturated carbocycles. The van der Waals surface area contributed by atoms with Crippen LogP contribution in [0.1, 0.15) is 24.6 Å². The third-order valence-corrected chi connectivity index (χ3v) is 2.63. The smallest absolute Gasteiger partial charge is 0.492 e. The minimum absolute atomic E-state index is 0.279. The molecule has 23 heavy (non-hydrogen) atoms. The normalized spacial score (nSPS) is 10.6. The van der Waals surface area contributed by atoms with Crippen molar-refractivity contribution in [3.63, 3.8) is 0 Å². The summed E-state index contributed by atoms with van der Waals surface area (Å²) in [6.07, 6.45) is -2.20. The fraction of sp³-hybridized carbons (Fsp3) is 0.235. The zero-order valence-electron chi connectivity index (χ0n) is 12.4. The molecule has 6 heteroatoms. The van der Waals surface area contributed by atoms with E-state index in [9.17, 15) is 13.2 Å². The number of nitrogens with zero attached hydrogens (tertiary/aromatic N) is 1. The van der Waals surface area contributed by atoms with Crippen LogP contribution in [0.2, 0.25) is 0 Å². The van der Waals surface area contributed by atoms with E-state index in [2.05, 4.69) is 21.6 Å². The topological polar surface area (TPSA) is 31.4 Å². The van der Waals surface area contributed by atoms with Gasteiger partial charge in [-0.2, -0.15) is 0 Å². The van der Waals surface area contributed by atoms with Crippen LogP contribution in [0.3, 0.4) is 0 Å². The monoisotopic (exact) mass is 321 g/mol. The summed E-state index contributed by atoms with van der Waals surface area (Å²) in [6.45, 7) is 2.64. The Morgan fingerprint density at radius 1 is 1.00 bits per heavy atom. The first kappa shape index (κ1) is 16.7. The molecule has 2 aromatic rings. The van der Waals surface area contributed by atoms with Gasteiger partial charge in [0.1, 0.15) is 17.2 Å². The highest BCUT2D eigenvalue weighted by Gasteiger charge is 2.30. The molecule has 0 fully saturated rings. The molecule has 0 aliphatic heterocycles. The van der Waals surface area contributed by atoms with E-state index in [1.54, 1.807) is 18.3 Å². The van der Waals surface area contributed by atoms with E-state index in [1.807, 2.05) is 6.92 Å². The van der Waals surface area contributed by atoms with E-state index in [0.29, 0.717) is 23.6 Å². The van der Waals surface area contributed by atoms with Gasteiger partial charge in [-0.1, -0.05) is 12.8 Å². The first-order chi connectivity index (χ1) is 11.0. The number of benzene rings is 1. The summed E-state index contributed by atoms with van der Waals surface area (Å²) in [6, 6.07) is 8.82. The first-order valence-electron chi connectivity index (χ1n) is 6.93. The van der Waals surface area contributed by atoms with Crippen molar-refractivity contribution in [2.75, 3.05) is 6.61 Å². The van der Waals surface area contributed by atoms with Crippen LogP contribution in [0.5, 0.6) is 11.5 Å². The fourth-order valence-corrected chi connectivity index (χ4v) is 1.64.